The van der Waals surface area contributed by atoms with Gasteiger partial charge in [0.25, 0.3) is 0 Å². The second-order valence-electron chi connectivity index (χ2n) is 14.0. The van der Waals surface area contributed by atoms with E-state index in [1.807, 2.05) is 32.3 Å². The molecule has 0 aromatic carbocycles. The molecule has 222 valence electrons. The molecule has 40 heavy (non-hydrogen) atoms. The Kier molecular flexibility index (Phi) is 6.49. The third-order valence-corrected chi connectivity index (χ3v) is 13.6. The van der Waals surface area contributed by atoms with E-state index in [2.05, 4.69) is 38.8 Å². The molecule has 4 aliphatic rings. The van der Waals surface area contributed by atoms with Crippen molar-refractivity contribution >= 4 is 19.5 Å². The van der Waals surface area contributed by atoms with Gasteiger partial charge in [0.15, 0.2) is 43.5 Å². The Balaban J connectivity index is 1.33. The summed E-state index contributed by atoms with van der Waals surface area (Å²) in [5.41, 5.74) is 1.17. The summed E-state index contributed by atoms with van der Waals surface area (Å²) in [7, 11) is -2.18. The van der Waals surface area contributed by atoms with Crippen molar-refractivity contribution < 1.29 is 33.2 Å². The molecule has 2 N–H and O–H groups in total. The maximum Gasteiger partial charge on any atom is 0.195 e. The minimum atomic E-state index is -2.18. The van der Waals surface area contributed by atoms with E-state index in [4.69, 9.17) is 38.5 Å². The number of imidazole rings is 1. The Morgan fingerprint density at radius 1 is 0.975 bits per heavy atom. The topological polar surface area (TPSA) is 135 Å². The highest BCUT2D eigenvalue weighted by Gasteiger charge is 2.59. The van der Waals surface area contributed by atoms with Gasteiger partial charge in [0.05, 0.1) is 24.8 Å². The van der Waals surface area contributed by atoms with Gasteiger partial charge in [-0.1, -0.05) is 20.8 Å². The first-order chi connectivity index (χ1) is 18.5. The molecule has 0 bridgehead atoms. The highest BCUT2D eigenvalue weighted by molar-refractivity contribution is 6.74. The van der Waals surface area contributed by atoms with Crippen LogP contribution in [0.1, 0.15) is 67.2 Å². The summed E-state index contributed by atoms with van der Waals surface area (Å²) >= 11 is 0. The summed E-state index contributed by atoms with van der Waals surface area (Å²) in [5, 5.41) is 19.1. The van der Waals surface area contributed by atoms with Crippen molar-refractivity contribution in [2.45, 2.75) is 128 Å². The quantitative estimate of drug-likeness (QED) is 0.514. The Bertz CT molecular complexity index is 1350. The number of nitrogens with zero attached hydrogens (tertiary/aromatic N) is 4. The number of rotatable bonds is 5. The highest BCUT2D eigenvalue weighted by Crippen LogP contribution is 2.48. The number of hydrogen-bond acceptors (Lipinski definition) is 10. The maximum absolute atomic E-state index is 9.99. The van der Waals surface area contributed by atoms with Crippen LogP contribution in [0.5, 0.6) is 0 Å². The van der Waals surface area contributed by atoms with Gasteiger partial charge in [-0.2, -0.15) is 0 Å². The zero-order chi connectivity index (χ0) is 29.0. The minimum Gasteiger partial charge on any atom is -0.396 e. The first-order valence-corrected chi connectivity index (χ1v) is 17.1. The molecule has 13 heteroatoms. The molecule has 2 aromatic heterocycles. The Labute approximate surface area is 235 Å². The SMILES string of the molecule is CC1(C)O[C@@H]2[C@@H](CO)C[C@@H](n3cnc4c(ncn4[C@@H]4O[C@H](O[Si](C)(C)C(C)(C)C)[C@H]5OC(C)(C)O[C@H]54)c3=N)[C@@H]2O1. The van der Waals surface area contributed by atoms with Crippen molar-refractivity contribution in [1.29, 1.82) is 5.41 Å². The summed E-state index contributed by atoms with van der Waals surface area (Å²) in [6, 6.07) is -0.208. The number of ether oxygens (including phenoxy) is 5. The number of hydrogen-bond donors (Lipinski definition) is 2. The van der Waals surface area contributed by atoms with E-state index in [0.717, 1.165) is 0 Å². The van der Waals surface area contributed by atoms with E-state index in [1.165, 1.54) is 0 Å². The lowest BCUT2D eigenvalue weighted by Crippen LogP contribution is -2.47. The molecular weight excluding hydrogens is 534 g/mol. The molecule has 6 rings (SSSR count). The number of fused-ring (bicyclic) bond motifs is 3. The van der Waals surface area contributed by atoms with Crippen LogP contribution in [0.3, 0.4) is 0 Å². The van der Waals surface area contributed by atoms with Gasteiger partial charge in [-0.25, -0.2) is 9.97 Å². The predicted octanol–water partition coefficient (Wildman–Crippen LogP) is 3.18. The lowest BCUT2D eigenvalue weighted by molar-refractivity contribution is -0.226. The fraction of sp³-hybridized carbons (Fsp3) is 0.815. The van der Waals surface area contributed by atoms with Crippen molar-refractivity contribution in [2.24, 2.45) is 5.92 Å². The summed E-state index contributed by atoms with van der Waals surface area (Å²) in [5.74, 6) is -1.62. The highest BCUT2D eigenvalue weighted by atomic mass is 28.4. The van der Waals surface area contributed by atoms with Gasteiger partial charge in [0.1, 0.15) is 23.8 Å². The van der Waals surface area contributed by atoms with Gasteiger partial charge in [-0.05, 0) is 52.2 Å². The molecule has 2 aromatic rings. The summed E-state index contributed by atoms with van der Waals surface area (Å²) in [6.07, 6.45) is 1.36. The van der Waals surface area contributed by atoms with E-state index in [1.54, 1.807) is 17.2 Å². The third kappa shape index (κ3) is 4.49. The van der Waals surface area contributed by atoms with E-state index in [9.17, 15) is 5.11 Å². The Morgan fingerprint density at radius 3 is 2.23 bits per heavy atom. The van der Waals surface area contributed by atoms with Crippen molar-refractivity contribution in [3.05, 3.63) is 18.1 Å². The van der Waals surface area contributed by atoms with E-state index >= 15 is 0 Å². The van der Waals surface area contributed by atoms with Crippen LogP contribution < -0.4 is 5.49 Å². The van der Waals surface area contributed by atoms with Crippen LogP contribution in [-0.4, -0.2) is 81.4 Å². The lowest BCUT2D eigenvalue weighted by atomic mass is 10.1. The molecule has 0 radical (unpaired) electrons. The van der Waals surface area contributed by atoms with Gasteiger partial charge < -0.3 is 37.8 Å². The predicted molar refractivity (Wildman–Crippen MR) is 145 cm³/mol. The van der Waals surface area contributed by atoms with Gasteiger partial charge >= 0.3 is 0 Å². The maximum atomic E-state index is 9.99. The summed E-state index contributed by atoms with van der Waals surface area (Å²) in [6.45, 7) is 18.5. The van der Waals surface area contributed by atoms with Gasteiger partial charge in [0, 0.05) is 12.5 Å². The molecule has 3 aliphatic heterocycles. The monoisotopic (exact) mass is 577 g/mol. The number of aliphatic hydroxyl groups excluding tert-OH is 1. The van der Waals surface area contributed by atoms with Crippen LogP contribution in [0, 0.1) is 11.3 Å². The largest absolute Gasteiger partial charge is 0.396 e. The van der Waals surface area contributed by atoms with E-state index < -0.39 is 44.6 Å². The fourth-order valence-corrected chi connectivity index (χ4v) is 7.34. The molecule has 8 atom stereocenters. The van der Waals surface area contributed by atoms with Crippen LogP contribution in [0.15, 0.2) is 12.7 Å². The van der Waals surface area contributed by atoms with Gasteiger partial charge in [0.2, 0.25) is 0 Å². The molecule has 12 nitrogen and oxygen atoms in total. The second kappa shape index (κ2) is 9.14. The number of nitrogens with one attached hydrogen (secondary N) is 1. The smallest absolute Gasteiger partial charge is 0.195 e. The van der Waals surface area contributed by atoms with Crippen LogP contribution in [0.25, 0.3) is 11.2 Å². The Hall–Kier alpha value is -1.71. The van der Waals surface area contributed by atoms with Crippen molar-refractivity contribution in [2.75, 3.05) is 6.61 Å². The molecule has 4 fully saturated rings. The van der Waals surface area contributed by atoms with Crippen LogP contribution in [0.4, 0.5) is 0 Å². The molecule has 3 saturated heterocycles. The van der Waals surface area contributed by atoms with E-state index in [0.29, 0.717) is 17.6 Å². The molecule has 0 amide bonds. The summed E-state index contributed by atoms with van der Waals surface area (Å²) in [4.78, 5) is 9.36. The van der Waals surface area contributed by atoms with Crippen LogP contribution in [0.2, 0.25) is 18.1 Å². The van der Waals surface area contributed by atoms with Crippen molar-refractivity contribution in [3.63, 3.8) is 0 Å². The fourth-order valence-electron chi connectivity index (χ4n) is 6.22. The number of aliphatic hydroxyl groups is 1. The average molecular weight is 578 g/mol. The first kappa shape index (κ1) is 28.4. The van der Waals surface area contributed by atoms with Gasteiger partial charge in [-0.15, -0.1) is 0 Å². The Morgan fingerprint density at radius 2 is 1.57 bits per heavy atom. The van der Waals surface area contributed by atoms with Crippen molar-refractivity contribution in [1.82, 2.24) is 19.1 Å². The van der Waals surface area contributed by atoms with Crippen molar-refractivity contribution in [3.8, 4) is 0 Å². The third-order valence-electron chi connectivity index (χ3n) is 9.18. The molecule has 0 unspecified atom stereocenters. The van der Waals surface area contributed by atoms with Gasteiger partial charge in [-0.3, -0.25) is 9.98 Å². The molecule has 5 heterocycles. The first-order valence-electron chi connectivity index (χ1n) is 14.2. The van der Waals surface area contributed by atoms with E-state index in [-0.39, 0.29) is 41.3 Å². The van der Waals surface area contributed by atoms with Crippen LogP contribution in [-0.2, 0) is 28.1 Å². The standard InChI is InChI=1S/C27H43N5O7Si/c1-25(2,3)40(8,9)39-24-20-19(37-27(6,7)38-20)23(34-24)32-12-29-16-21(28)31(13-30-22(16)32)15-10-14(11-33)17-18(15)36-26(4,5)35-17/h12-15,17-20,23-24,28,33H,10-11H2,1-9H3/t14-,15-,17-,18+,19-,20+,23-,24-/m1/s1. The lowest BCUT2D eigenvalue weighted by Gasteiger charge is -2.39. The zero-order valence-corrected chi connectivity index (χ0v) is 25.9. The molecule has 1 aliphatic carbocycles. The second-order valence-corrected chi connectivity index (χ2v) is 18.7. The summed E-state index contributed by atoms with van der Waals surface area (Å²) < 4.78 is 41.7. The number of aromatic nitrogens is 4. The molecular formula is C27H43N5O7Si. The average Bonchev–Trinajstić information content (AvgIpc) is 3.60. The van der Waals surface area contributed by atoms with Crippen LogP contribution >= 0.6 is 0 Å². The minimum absolute atomic E-state index is 0.00646. The molecule has 0 spiro atoms. The zero-order valence-electron chi connectivity index (χ0n) is 24.9. The molecule has 1 saturated carbocycles. The normalized spacial score (nSPS) is 36.9.